The largest absolute Gasteiger partial charge is 0.294 e. The molecule has 0 bridgehead atoms. The number of allylic oxidation sites excluding steroid dienone is 1. The lowest BCUT2D eigenvalue weighted by molar-refractivity contribution is -0.118. The van der Waals surface area contributed by atoms with Crippen molar-refractivity contribution in [3.05, 3.63) is 70.6 Å². The van der Waals surface area contributed by atoms with Crippen LogP contribution in [0.3, 0.4) is 0 Å². The van der Waals surface area contributed by atoms with Crippen LogP contribution in [0.4, 0.5) is 0 Å². The van der Waals surface area contributed by atoms with E-state index in [2.05, 4.69) is 10.2 Å². The lowest BCUT2D eigenvalue weighted by Crippen LogP contribution is -2.42. The van der Waals surface area contributed by atoms with Crippen molar-refractivity contribution in [2.75, 3.05) is 5.01 Å². The number of rotatable bonds is 5. The molecule has 3 aromatic rings. The lowest BCUT2D eigenvalue weighted by Gasteiger charge is -2.33. The van der Waals surface area contributed by atoms with Gasteiger partial charge in [-0.15, -0.1) is 10.2 Å². The molecule has 2 heterocycles. The lowest BCUT2D eigenvalue weighted by atomic mass is 10.1. The Morgan fingerprint density at radius 2 is 1.60 bits per heavy atom. The second-order valence-electron chi connectivity index (χ2n) is 6.97. The molecule has 1 aliphatic rings. The van der Waals surface area contributed by atoms with Crippen molar-refractivity contribution in [2.24, 2.45) is 0 Å². The van der Waals surface area contributed by atoms with Crippen molar-refractivity contribution in [3.8, 4) is 11.4 Å². The monoisotopic (exact) mass is 418 g/mol. The van der Waals surface area contributed by atoms with Crippen LogP contribution < -0.4 is 5.01 Å². The number of ketones is 1. The standard InChI is InChI=1S/C23H22N4O2S/c1-4-18(28)21-20(16-13-11-15(3)12-14-16)26(19(29)5-2)27-22(24-25-23(27)30-21)17-9-7-6-8-10-17/h6-14H,4-5H2,1-3H3. The highest BCUT2D eigenvalue weighted by Gasteiger charge is 2.36. The Morgan fingerprint density at radius 1 is 0.900 bits per heavy atom. The molecule has 0 aliphatic carbocycles. The van der Waals surface area contributed by atoms with Gasteiger partial charge >= 0.3 is 0 Å². The number of benzene rings is 2. The molecule has 0 saturated heterocycles. The summed E-state index contributed by atoms with van der Waals surface area (Å²) in [5, 5.41) is 10.7. The minimum atomic E-state index is -0.134. The number of aromatic nitrogens is 3. The van der Waals surface area contributed by atoms with Gasteiger partial charge in [-0.25, -0.2) is 5.01 Å². The summed E-state index contributed by atoms with van der Waals surface area (Å²) in [6.07, 6.45) is 0.616. The molecule has 152 valence electrons. The number of carbonyl (C=O) groups is 2. The van der Waals surface area contributed by atoms with Gasteiger partial charge in [0, 0.05) is 24.0 Å². The molecule has 0 saturated carbocycles. The number of Topliss-reactive ketones (excluding diaryl/α,β-unsaturated/α-hetero) is 1. The van der Waals surface area contributed by atoms with Gasteiger partial charge in [0.1, 0.15) is 0 Å². The Kier molecular flexibility index (Phi) is 5.55. The van der Waals surface area contributed by atoms with Crippen LogP contribution in [0.1, 0.15) is 37.8 Å². The number of nitrogens with zero attached hydrogens (tertiary/aromatic N) is 4. The minimum absolute atomic E-state index is 0.0278. The smallest absolute Gasteiger partial charge is 0.246 e. The summed E-state index contributed by atoms with van der Waals surface area (Å²) in [4.78, 5) is 26.6. The van der Waals surface area contributed by atoms with Crippen LogP contribution in [0.2, 0.25) is 0 Å². The number of aryl methyl sites for hydroxylation is 1. The average Bonchev–Trinajstić information content (AvgIpc) is 3.21. The van der Waals surface area contributed by atoms with Gasteiger partial charge in [0.2, 0.25) is 11.1 Å². The van der Waals surface area contributed by atoms with Crippen LogP contribution in [0.15, 0.2) is 64.7 Å². The third kappa shape index (κ3) is 3.45. The van der Waals surface area contributed by atoms with E-state index in [1.807, 2.05) is 75.4 Å². The first-order chi connectivity index (χ1) is 14.5. The van der Waals surface area contributed by atoms with Gasteiger partial charge in [0.05, 0.1) is 10.6 Å². The Hall–Kier alpha value is -3.19. The maximum absolute atomic E-state index is 13.2. The molecule has 1 amide bonds. The van der Waals surface area contributed by atoms with Crippen molar-refractivity contribution in [1.82, 2.24) is 14.9 Å². The second kappa shape index (κ2) is 8.28. The summed E-state index contributed by atoms with van der Waals surface area (Å²) in [7, 11) is 0. The van der Waals surface area contributed by atoms with E-state index in [1.54, 1.807) is 9.69 Å². The molecule has 0 spiro atoms. The first-order valence-corrected chi connectivity index (χ1v) is 10.7. The SMILES string of the molecule is CCC(=O)C1=C(c2ccc(C)cc2)N(C(=O)CC)n2c(nnc2-c2ccccc2)S1. The third-order valence-corrected chi connectivity index (χ3v) is 5.96. The quantitative estimate of drug-likeness (QED) is 0.607. The predicted molar refractivity (Wildman–Crippen MR) is 118 cm³/mol. The number of thioether (sulfide) groups is 1. The van der Waals surface area contributed by atoms with E-state index in [9.17, 15) is 9.59 Å². The summed E-state index contributed by atoms with van der Waals surface area (Å²) in [5.41, 5.74) is 3.35. The Bertz CT molecular complexity index is 1130. The molecule has 6 nitrogen and oxygen atoms in total. The summed E-state index contributed by atoms with van der Waals surface area (Å²) >= 11 is 1.27. The highest BCUT2D eigenvalue weighted by Crippen LogP contribution is 2.41. The zero-order chi connectivity index (χ0) is 21.3. The maximum Gasteiger partial charge on any atom is 0.246 e. The number of hydrogen-bond acceptors (Lipinski definition) is 5. The fourth-order valence-corrected chi connectivity index (χ4v) is 4.39. The van der Waals surface area contributed by atoms with Crippen molar-refractivity contribution in [2.45, 2.75) is 38.8 Å². The van der Waals surface area contributed by atoms with Crippen molar-refractivity contribution in [1.29, 1.82) is 0 Å². The van der Waals surface area contributed by atoms with Crippen molar-refractivity contribution >= 4 is 29.1 Å². The van der Waals surface area contributed by atoms with Crippen molar-refractivity contribution in [3.63, 3.8) is 0 Å². The van der Waals surface area contributed by atoms with Crippen molar-refractivity contribution < 1.29 is 9.59 Å². The number of hydrogen-bond donors (Lipinski definition) is 0. The van der Waals surface area contributed by atoms with E-state index in [0.29, 0.717) is 28.0 Å². The highest BCUT2D eigenvalue weighted by molar-refractivity contribution is 8.04. The van der Waals surface area contributed by atoms with Crippen LogP contribution in [0.5, 0.6) is 0 Å². The number of fused-ring (bicyclic) bond motifs is 1. The molecule has 0 radical (unpaired) electrons. The predicted octanol–water partition coefficient (Wildman–Crippen LogP) is 4.58. The first-order valence-electron chi connectivity index (χ1n) is 9.91. The number of carbonyl (C=O) groups excluding carboxylic acids is 2. The summed E-state index contributed by atoms with van der Waals surface area (Å²) in [6, 6.07) is 17.5. The van der Waals surface area contributed by atoms with Gasteiger partial charge in [0.25, 0.3) is 0 Å². The van der Waals surface area contributed by atoms with Gasteiger partial charge in [0.15, 0.2) is 11.6 Å². The molecule has 7 heteroatoms. The molecular formula is C23H22N4O2S. The zero-order valence-electron chi connectivity index (χ0n) is 17.1. The minimum Gasteiger partial charge on any atom is -0.294 e. The fourth-order valence-electron chi connectivity index (χ4n) is 3.31. The Labute approximate surface area is 179 Å². The van der Waals surface area contributed by atoms with E-state index in [-0.39, 0.29) is 18.1 Å². The van der Waals surface area contributed by atoms with E-state index in [0.717, 1.165) is 16.7 Å². The molecule has 0 fully saturated rings. The molecule has 0 unspecified atom stereocenters. The molecule has 1 aliphatic heterocycles. The van der Waals surface area contributed by atoms with Gasteiger partial charge in [-0.3, -0.25) is 9.59 Å². The van der Waals surface area contributed by atoms with E-state index in [4.69, 9.17) is 0 Å². The van der Waals surface area contributed by atoms with Crippen LogP contribution >= 0.6 is 11.8 Å². The van der Waals surface area contributed by atoms with Crippen LogP contribution in [-0.2, 0) is 9.59 Å². The second-order valence-corrected chi connectivity index (χ2v) is 7.94. The maximum atomic E-state index is 13.2. The Morgan fingerprint density at radius 3 is 2.23 bits per heavy atom. The van der Waals surface area contributed by atoms with E-state index < -0.39 is 0 Å². The average molecular weight is 419 g/mol. The van der Waals surface area contributed by atoms with Crippen LogP contribution in [0.25, 0.3) is 17.1 Å². The van der Waals surface area contributed by atoms with Crippen LogP contribution in [0, 0.1) is 6.92 Å². The summed E-state index contributed by atoms with van der Waals surface area (Å²) in [6.45, 7) is 5.64. The molecule has 1 aromatic heterocycles. The summed E-state index contributed by atoms with van der Waals surface area (Å²) in [5.74, 6) is 0.401. The molecule has 2 aromatic carbocycles. The van der Waals surface area contributed by atoms with E-state index >= 15 is 0 Å². The highest BCUT2D eigenvalue weighted by atomic mass is 32.2. The molecule has 30 heavy (non-hydrogen) atoms. The van der Waals surface area contributed by atoms with E-state index in [1.165, 1.54) is 11.8 Å². The van der Waals surface area contributed by atoms with Gasteiger partial charge < -0.3 is 0 Å². The molecule has 4 rings (SSSR count). The third-order valence-electron chi connectivity index (χ3n) is 4.90. The number of amides is 1. The molecule has 0 atom stereocenters. The topological polar surface area (TPSA) is 68.1 Å². The first kappa shape index (κ1) is 20.1. The summed E-state index contributed by atoms with van der Waals surface area (Å²) < 4.78 is 1.73. The van der Waals surface area contributed by atoms with Crippen LogP contribution in [-0.4, -0.2) is 26.6 Å². The van der Waals surface area contributed by atoms with Gasteiger partial charge in [-0.1, -0.05) is 74.0 Å². The normalized spacial score (nSPS) is 13.4. The Balaban J connectivity index is 1.99. The van der Waals surface area contributed by atoms with Gasteiger partial charge in [-0.2, -0.15) is 4.68 Å². The molecular weight excluding hydrogens is 396 g/mol. The zero-order valence-corrected chi connectivity index (χ0v) is 17.9. The fraction of sp³-hybridized carbons (Fsp3) is 0.217. The van der Waals surface area contributed by atoms with Gasteiger partial charge in [-0.05, 0) is 18.7 Å². The molecule has 0 N–H and O–H groups in total.